The molecule has 0 spiro atoms. The van der Waals surface area contributed by atoms with Gasteiger partial charge in [-0.15, -0.1) is 0 Å². The molecule has 1 aromatic carbocycles. The Bertz CT molecular complexity index is 243. The summed E-state index contributed by atoms with van der Waals surface area (Å²) >= 11 is 4.16. The number of unbranched alkanes of at least 4 members (excludes halogenated alkanes) is 2. The Morgan fingerprint density at radius 3 is 2.43 bits per heavy atom. The van der Waals surface area contributed by atoms with Crippen molar-refractivity contribution in [2.45, 2.75) is 26.2 Å². The lowest BCUT2D eigenvalue weighted by molar-refractivity contribution is 0.306. The fourth-order valence-corrected chi connectivity index (χ4v) is 1.44. The lowest BCUT2D eigenvalue weighted by Gasteiger charge is -2.05. The van der Waals surface area contributed by atoms with Crippen molar-refractivity contribution >= 4 is 12.6 Å². The summed E-state index contributed by atoms with van der Waals surface area (Å²) in [4.78, 5) is 0. The first-order chi connectivity index (χ1) is 6.83. The van der Waals surface area contributed by atoms with Crippen molar-refractivity contribution < 1.29 is 4.74 Å². The van der Waals surface area contributed by atoms with Crippen molar-refractivity contribution in [1.82, 2.24) is 0 Å². The van der Waals surface area contributed by atoms with Gasteiger partial charge in [-0.1, -0.05) is 17.7 Å². The second-order valence-electron chi connectivity index (χ2n) is 3.45. The highest BCUT2D eigenvalue weighted by molar-refractivity contribution is 7.80. The van der Waals surface area contributed by atoms with Gasteiger partial charge in [0.1, 0.15) is 5.75 Å². The van der Waals surface area contributed by atoms with Crippen molar-refractivity contribution in [3.05, 3.63) is 29.8 Å². The average Bonchev–Trinajstić information content (AvgIpc) is 2.21. The maximum atomic E-state index is 5.58. The summed E-state index contributed by atoms with van der Waals surface area (Å²) in [5, 5.41) is 0. The van der Waals surface area contributed by atoms with Crippen LogP contribution < -0.4 is 4.74 Å². The number of hydrogen-bond donors (Lipinski definition) is 1. The summed E-state index contributed by atoms with van der Waals surface area (Å²) in [6.45, 7) is 2.90. The first kappa shape index (κ1) is 11.4. The van der Waals surface area contributed by atoms with Crippen LogP contribution >= 0.6 is 12.6 Å². The molecule has 0 bridgehead atoms. The molecule has 78 valence electrons. The Balaban J connectivity index is 2.15. The largest absolute Gasteiger partial charge is 0.494 e. The predicted octanol–water partition coefficient (Wildman–Crippen LogP) is 3.47. The van der Waals surface area contributed by atoms with Crippen LogP contribution in [0.15, 0.2) is 24.3 Å². The van der Waals surface area contributed by atoms with Gasteiger partial charge >= 0.3 is 0 Å². The molecule has 0 saturated heterocycles. The van der Waals surface area contributed by atoms with E-state index < -0.39 is 0 Å². The summed E-state index contributed by atoms with van der Waals surface area (Å²) < 4.78 is 5.58. The fraction of sp³-hybridized carbons (Fsp3) is 0.500. The van der Waals surface area contributed by atoms with Gasteiger partial charge < -0.3 is 4.74 Å². The molecule has 1 aromatic rings. The first-order valence-corrected chi connectivity index (χ1v) is 5.76. The van der Waals surface area contributed by atoms with E-state index in [1.54, 1.807) is 0 Å². The van der Waals surface area contributed by atoms with Gasteiger partial charge in [-0.3, -0.25) is 0 Å². The molecule has 0 aliphatic heterocycles. The third-order valence-electron chi connectivity index (χ3n) is 2.09. The standard InChI is InChI=1S/C12H18OS/c1-11-5-7-12(8-6-11)13-9-3-2-4-10-14/h5-8,14H,2-4,9-10H2,1H3. The summed E-state index contributed by atoms with van der Waals surface area (Å²) in [6, 6.07) is 8.19. The minimum Gasteiger partial charge on any atom is -0.494 e. The van der Waals surface area contributed by atoms with E-state index in [0.717, 1.165) is 24.5 Å². The minimum atomic E-state index is 0.816. The van der Waals surface area contributed by atoms with Gasteiger partial charge in [0, 0.05) is 0 Å². The van der Waals surface area contributed by atoms with Crippen LogP contribution in [0.5, 0.6) is 5.75 Å². The van der Waals surface area contributed by atoms with Gasteiger partial charge in [0.25, 0.3) is 0 Å². The molecule has 1 rings (SSSR count). The molecule has 0 N–H and O–H groups in total. The SMILES string of the molecule is Cc1ccc(OCCCCCS)cc1. The van der Waals surface area contributed by atoms with E-state index >= 15 is 0 Å². The topological polar surface area (TPSA) is 9.23 Å². The number of rotatable bonds is 6. The monoisotopic (exact) mass is 210 g/mol. The van der Waals surface area contributed by atoms with Crippen molar-refractivity contribution in [3.63, 3.8) is 0 Å². The fourth-order valence-electron chi connectivity index (χ4n) is 1.22. The molecule has 0 aliphatic rings. The van der Waals surface area contributed by atoms with Crippen LogP contribution in [0.4, 0.5) is 0 Å². The molecule has 0 aromatic heterocycles. The zero-order chi connectivity index (χ0) is 10.2. The molecule has 0 heterocycles. The quantitative estimate of drug-likeness (QED) is 0.558. The van der Waals surface area contributed by atoms with E-state index in [4.69, 9.17) is 4.74 Å². The van der Waals surface area contributed by atoms with E-state index in [2.05, 4.69) is 31.7 Å². The number of thiol groups is 1. The van der Waals surface area contributed by atoms with Crippen LogP contribution in [-0.2, 0) is 0 Å². The van der Waals surface area contributed by atoms with E-state index in [1.165, 1.54) is 18.4 Å². The van der Waals surface area contributed by atoms with Gasteiger partial charge in [0.2, 0.25) is 0 Å². The summed E-state index contributed by atoms with van der Waals surface area (Å²) in [5.74, 6) is 1.95. The van der Waals surface area contributed by atoms with Crippen molar-refractivity contribution in [1.29, 1.82) is 0 Å². The number of ether oxygens (including phenoxy) is 1. The Kier molecular flexibility index (Phi) is 5.53. The smallest absolute Gasteiger partial charge is 0.119 e. The lowest BCUT2D eigenvalue weighted by Crippen LogP contribution is -1.97. The van der Waals surface area contributed by atoms with Crippen LogP contribution in [0.2, 0.25) is 0 Å². The molecule has 0 unspecified atom stereocenters. The van der Waals surface area contributed by atoms with Crippen molar-refractivity contribution in [3.8, 4) is 5.75 Å². The minimum absolute atomic E-state index is 0.816. The molecule has 14 heavy (non-hydrogen) atoms. The Labute approximate surface area is 91.9 Å². The second-order valence-corrected chi connectivity index (χ2v) is 3.89. The lowest BCUT2D eigenvalue weighted by atomic mass is 10.2. The number of benzene rings is 1. The van der Waals surface area contributed by atoms with Gasteiger partial charge in [-0.2, -0.15) is 12.6 Å². The van der Waals surface area contributed by atoms with Crippen molar-refractivity contribution in [2.75, 3.05) is 12.4 Å². The number of hydrogen-bond acceptors (Lipinski definition) is 2. The Hall–Kier alpha value is -0.630. The third-order valence-corrected chi connectivity index (χ3v) is 2.41. The molecule has 0 fully saturated rings. The molecule has 0 amide bonds. The molecule has 0 aliphatic carbocycles. The maximum absolute atomic E-state index is 5.58. The molecule has 2 heteroatoms. The Morgan fingerprint density at radius 1 is 1.07 bits per heavy atom. The van der Waals surface area contributed by atoms with Crippen LogP contribution in [0.3, 0.4) is 0 Å². The van der Waals surface area contributed by atoms with Gasteiger partial charge in [-0.25, -0.2) is 0 Å². The second kappa shape index (κ2) is 6.77. The van der Waals surface area contributed by atoms with Gasteiger partial charge in [0.05, 0.1) is 6.61 Å². The van der Waals surface area contributed by atoms with Crippen LogP contribution in [0.25, 0.3) is 0 Å². The molecule has 0 atom stereocenters. The Morgan fingerprint density at radius 2 is 1.79 bits per heavy atom. The summed E-state index contributed by atoms with van der Waals surface area (Å²) in [5.41, 5.74) is 1.27. The van der Waals surface area contributed by atoms with Crippen LogP contribution in [0, 0.1) is 6.92 Å². The maximum Gasteiger partial charge on any atom is 0.119 e. The number of aryl methyl sites for hydroxylation is 1. The molecular weight excluding hydrogens is 192 g/mol. The van der Waals surface area contributed by atoms with E-state index in [9.17, 15) is 0 Å². The molecule has 0 saturated carbocycles. The summed E-state index contributed by atoms with van der Waals surface area (Å²) in [6.07, 6.45) is 3.50. The van der Waals surface area contributed by atoms with Crippen molar-refractivity contribution in [2.24, 2.45) is 0 Å². The highest BCUT2D eigenvalue weighted by Gasteiger charge is 1.92. The zero-order valence-electron chi connectivity index (χ0n) is 8.70. The molecule has 1 nitrogen and oxygen atoms in total. The average molecular weight is 210 g/mol. The highest BCUT2D eigenvalue weighted by Crippen LogP contribution is 2.11. The first-order valence-electron chi connectivity index (χ1n) is 5.13. The third kappa shape index (κ3) is 4.56. The van der Waals surface area contributed by atoms with Gasteiger partial charge in [0.15, 0.2) is 0 Å². The highest BCUT2D eigenvalue weighted by atomic mass is 32.1. The molecule has 0 radical (unpaired) electrons. The van der Waals surface area contributed by atoms with E-state index in [0.29, 0.717) is 0 Å². The van der Waals surface area contributed by atoms with Crippen LogP contribution in [-0.4, -0.2) is 12.4 Å². The van der Waals surface area contributed by atoms with Crippen LogP contribution in [0.1, 0.15) is 24.8 Å². The predicted molar refractivity (Wildman–Crippen MR) is 64.4 cm³/mol. The zero-order valence-corrected chi connectivity index (χ0v) is 9.59. The normalized spacial score (nSPS) is 10.1. The van der Waals surface area contributed by atoms with E-state index in [-0.39, 0.29) is 0 Å². The van der Waals surface area contributed by atoms with Gasteiger partial charge in [-0.05, 0) is 44.1 Å². The molecular formula is C12H18OS. The van der Waals surface area contributed by atoms with E-state index in [1.807, 2.05) is 12.1 Å². The summed E-state index contributed by atoms with van der Waals surface area (Å²) in [7, 11) is 0.